The first-order valence-electron chi connectivity index (χ1n) is 12.9. The minimum Gasteiger partial charge on any atom is -0.0530 e. The normalized spacial score (nSPS) is 39.2. The molecule has 0 heterocycles. The Labute approximate surface area is 164 Å². The fourth-order valence-corrected chi connectivity index (χ4v) is 7.89. The van der Waals surface area contributed by atoms with E-state index in [9.17, 15) is 0 Å². The molecule has 0 heteroatoms. The van der Waals surface area contributed by atoms with Crippen LogP contribution >= 0.6 is 0 Å². The van der Waals surface area contributed by atoms with Gasteiger partial charge in [0.15, 0.2) is 0 Å². The summed E-state index contributed by atoms with van der Waals surface area (Å²) >= 11 is 0. The zero-order valence-electron chi connectivity index (χ0n) is 17.6. The number of hydrogen-bond donors (Lipinski definition) is 0. The molecule has 0 bridgehead atoms. The molecule has 0 N–H and O–H groups in total. The molecular formula is C26H46. The first-order valence-corrected chi connectivity index (χ1v) is 12.9. The molecule has 4 aliphatic carbocycles. The van der Waals surface area contributed by atoms with Crippen LogP contribution in [0.25, 0.3) is 0 Å². The summed E-state index contributed by atoms with van der Waals surface area (Å²) in [4.78, 5) is 0. The predicted octanol–water partition coefficient (Wildman–Crippen LogP) is 8.54. The molecule has 4 saturated carbocycles. The molecule has 0 radical (unpaired) electrons. The van der Waals surface area contributed by atoms with Gasteiger partial charge in [-0.25, -0.2) is 0 Å². The predicted molar refractivity (Wildman–Crippen MR) is 113 cm³/mol. The van der Waals surface area contributed by atoms with E-state index in [1.54, 1.807) is 103 Å². The molecule has 4 fully saturated rings. The van der Waals surface area contributed by atoms with Crippen LogP contribution in [0.4, 0.5) is 0 Å². The second kappa shape index (κ2) is 9.97. The van der Waals surface area contributed by atoms with Gasteiger partial charge in [0.1, 0.15) is 0 Å². The molecule has 0 saturated heterocycles. The van der Waals surface area contributed by atoms with E-state index >= 15 is 0 Å². The minimum absolute atomic E-state index is 1.10. The fraction of sp³-hybridized carbons (Fsp3) is 1.00. The first kappa shape index (κ1) is 19.3. The fourth-order valence-electron chi connectivity index (χ4n) is 7.89. The Balaban J connectivity index is 1.22. The Morgan fingerprint density at radius 3 is 0.538 bits per heavy atom. The average Bonchev–Trinajstić information content (AvgIpc) is 3.29. The maximum Gasteiger partial charge on any atom is -0.0386 e. The summed E-state index contributed by atoms with van der Waals surface area (Å²) in [5, 5.41) is 0. The van der Waals surface area contributed by atoms with Crippen LogP contribution in [-0.4, -0.2) is 0 Å². The van der Waals surface area contributed by atoms with Crippen LogP contribution in [0.15, 0.2) is 0 Å². The van der Waals surface area contributed by atoms with Gasteiger partial charge in [0.25, 0.3) is 0 Å². The van der Waals surface area contributed by atoms with E-state index in [0.29, 0.717) is 0 Å². The van der Waals surface area contributed by atoms with Crippen LogP contribution in [0, 0.1) is 35.5 Å². The van der Waals surface area contributed by atoms with E-state index < -0.39 is 0 Å². The van der Waals surface area contributed by atoms with Crippen molar-refractivity contribution in [2.24, 2.45) is 35.5 Å². The smallest absolute Gasteiger partial charge is 0.0386 e. The summed E-state index contributed by atoms with van der Waals surface area (Å²) < 4.78 is 0. The van der Waals surface area contributed by atoms with Gasteiger partial charge in [-0.15, -0.1) is 0 Å². The van der Waals surface area contributed by atoms with Crippen LogP contribution < -0.4 is 0 Å². The lowest BCUT2D eigenvalue weighted by Gasteiger charge is -2.35. The third-order valence-electron chi connectivity index (χ3n) is 9.40. The van der Waals surface area contributed by atoms with Gasteiger partial charge in [0.2, 0.25) is 0 Å². The van der Waals surface area contributed by atoms with E-state index in [4.69, 9.17) is 0 Å². The molecule has 150 valence electrons. The van der Waals surface area contributed by atoms with Crippen LogP contribution in [-0.2, 0) is 0 Å². The van der Waals surface area contributed by atoms with Crippen molar-refractivity contribution in [3.8, 4) is 0 Å². The number of hydrogen-bond acceptors (Lipinski definition) is 0. The standard InChI is InChI=1S/C26H46/c1-2-10-21(9-1)23-13-5-17-25(18-6-14-23)26-19-7-15-24(16-8-20-26)22-11-3-4-12-22/h21-26H,1-20H2. The van der Waals surface area contributed by atoms with E-state index in [1.807, 2.05) is 0 Å². The topological polar surface area (TPSA) is 0 Å². The molecule has 0 aliphatic heterocycles. The van der Waals surface area contributed by atoms with Crippen LogP contribution in [0.3, 0.4) is 0 Å². The summed E-state index contributed by atoms with van der Waals surface area (Å²) in [6.07, 6.45) is 31.3. The van der Waals surface area contributed by atoms with Crippen molar-refractivity contribution in [3.05, 3.63) is 0 Å². The van der Waals surface area contributed by atoms with Crippen molar-refractivity contribution in [2.45, 2.75) is 128 Å². The van der Waals surface area contributed by atoms with Gasteiger partial charge in [0.05, 0.1) is 0 Å². The lowest BCUT2D eigenvalue weighted by molar-refractivity contribution is 0.169. The second-order valence-electron chi connectivity index (χ2n) is 10.9. The highest BCUT2D eigenvalue weighted by atomic mass is 14.4. The maximum absolute atomic E-state index is 1.58. The lowest BCUT2D eigenvalue weighted by Crippen LogP contribution is -2.23. The summed E-state index contributed by atoms with van der Waals surface area (Å²) in [6, 6.07) is 0. The summed E-state index contributed by atoms with van der Waals surface area (Å²) in [5.41, 5.74) is 0. The van der Waals surface area contributed by atoms with Gasteiger partial charge in [-0.3, -0.25) is 0 Å². The molecule has 0 aromatic rings. The lowest BCUT2D eigenvalue weighted by atomic mass is 9.71. The quantitative estimate of drug-likeness (QED) is 0.474. The van der Waals surface area contributed by atoms with E-state index in [-0.39, 0.29) is 0 Å². The molecular weight excluding hydrogens is 312 g/mol. The molecule has 26 heavy (non-hydrogen) atoms. The molecule has 0 nitrogen and oxygen atoms in total. The molecule has 0 unspecified atom stereocenters. The minimum atomic E-state index is 1.10. The first-order chi connectivity index (χ1) is 12.9. The van der Waals surface area contributed by atoms with Gasteiger partial charge < -0.3 is 0 Å². The largest absolute Gasteiger partial charge is 0.0530 e. The molecule has 4 aliphatic rings. The molecule has 0 spiro atoms. The van der Waals surface area contributed by atoms with Gasteiger partial charge >= 0.3 is 0 Å². The molecule has 4 rings (SSSR count). The Kier molecular flexibility index (Phi) is 7.41. The van der Waals surface area contributed by atoms with Crippen LogP contribution in [0.1, 0.15) is 128 Å². The van der Waals surface area contributed by atoms with Crippen molar-refractivity contribution < 1.29 is 0 Å². The average molecular weight is 359 g/mol. The van der Waals surface area contributed by atoms with Gasteiger partial charge in [-0.1, -0.05) is 128 Å². The Morgan fingerprint density at radius 2 is 0.346 bits per heavy atom. The van der Waals surface area contributed by atoms with Crippen molar-refractivity contribution in [1.29, 1.82) is 0 Å². The summed E-state index contributed by atoms with van der Waals surface area (Å²) in [6.45, 7) is 0. The number of rotatable bonds is 3. The maximum atomic E-state index is 1.58. The van der Waals surface area contributed by atoms with Gasteiger partial charge in [0, 0.05) is 0 Å². The highest BCUT2D eigenvalue weighted by molar-refractivity contribution is 4.82. The zero-order chi connectivity index (χ0) is 17.6. The highest BCUT2D eigenvalue weighted by Gasteiger charge is 2.31. The SMILES string of the molecule is C1CCC(C2CCCC(C3CCCC(C4CCCC4)CCC3)CCC2)C1. The Hall–Kier alpha value is 0. The zero-order valence-corrected chi connectivity index (χ0v) is 17.6. The van der Waals surface area contributed by atoms with Crippen molar-refractivity contribution in [1.82, 2.24) is 0 Å². The highest BCUT2D eigenvalue weighted by Crippen LogP contribution is 2.43. The molecule has 0 atom stereocenters. The second-order valence-corrected chi connectivity index (χ2v) is 10.9. The third kappa shape index (κ3) is 5.08. The van der Waals surface area contributed by atoms with Gasteiger partial charge in [-0.05, 0) is 35.5 Å². The molecule has 0 amide bonds. The Morgan fingerprint density at radius 1 is 0.192 bits per heavy atom. The van der Waals surface area contributed by atoms with Crippen molar-refractivity contribution >= 4 is 0 Å². The third-order valence-corrected chi connectivity index (χ3v) is 9.40. The molecule has 0 aromatic heterocycles. The summed E-state index contributed by atoms with van der Waals surface area (Å²) in [5.74, 6) is 6.68. The van der Waals surface area contributed by atoms with Gasteiger partial charge in [-0.2, -0.15) is 0 Å². The summed E-state index contributed by atoms with van der Waals surface area (Å²) in [7, 11) is 0. The van der Waals surface area contributed by atoms with Crippen molar-refractivity contribution in [2.75, 3.05) is 0 Å². The van der Waals surface area contributed by atoms with Crippen LogP contribution in [0.5, 0.6) is 0 Å². The van der Waals surface area contributed by atoms with Crippen molar-refractivity contribution in [3.63, 3.8) is 0 Å². The Bertz CT molecular complexity index is 329. The van der Waals surface area contributed by atoms with E-state index in [1.165, 1.54) is 25.7 Å². The van der Waals surface area contributed by atoms with Crippen LogP contribution in [0.2, 0.25) is 0 Å². The monoisotopic (exact) mass is 358 g/mol. The van der Waals surface area contributed by atoms with E-state index in [0.717, 1.165) is 35.5 Å². The van der Waals surface area contributed by atoms with E-state index in [2.05, 4.69) is 0 Å². The molecule has 0 aromatic carbocycles.